The van der Waals surface area contributed by atoms with Crippen molar-refractivity contribution in [2.45, 2.75) is 13.5 Å². The number of nitrogens with zero attached hydrogens (tertiary/aromatic N) is 2. The molecule has 0 aliphatic heterocycles. The summed E-state index contributed by atoms with van der Waals surface area (Å²) < 4.78 is 7.45. The van der Waals surface area contributed by atoms with E-state index in [1.807, 2.05) is 41.9 Å². The van der Waals surface area contributed by atoms with Crippen LogP contribution in [0.2, 0.25) is 0 Å². The summed E-state index contributed by atoms with van der Waals surface area (Å²) in [5.41, 5.74) is 1.92. The average molecular weight is 259 g/mol. The van der Waals surface area contributed by atoms with Gasteiger partial charge >= 0.3 is 0 Å². The standard InChI is InChI=1S/C14H17N3O2/c1-3-17-12(8-9-16-17)11-6-4-5-7-13(11)19-10-14(18)15-2/h4-9H,3,10H2,1-2H3,(H,15,18). The van der Waals surface area contributed by atoms with Crippen LogP contribution in [0, 0.1) is 0 Å². The highest BCUT2D eigenvalue weighted by atomic mass is 16.5. The van der Waals surface area contributed by atoms with Gasteiger partial charge in [-0.05, 0) is 25.1 Å². The zero-order chi connectivity index (χ0) is 13.7. The van der Waals surface area contributed by atoms with E-state index in [1.165, 1.54) is 0 Å². The van der Waals surface area contributed by atoms with Crippen molar-refractivity contribution in [3.8, 4) is 17.0 Å². The monoisotopic (exact) mass is 259 g/mol. The Bertz CT molecular complexity index is 563. The summed E-state index contributed by atoms with van der Waals surface area (Å²) >= 11 is 0. The molecule has 0 fully saturated rings. The number of benzene rings is 1. The van der Waals surface area contributed by atoms with Gasteiger partial charge in [0.25, 0.3) is 5.91 Å². The molecule has 0 bridgehead atoms. The van der Waals surface area contributed by atoms with Gasteiger partial charge in [-0.25, -0.2) is 0 Å². The number of hydrogen-bond donors (Lipinski definition) is 1. The van der Waals surface area contributed by atoms with Crippen LogP contribution in [-0.4, -0.2) is 29.3 Å². The molecule has 2 rings (SSSR count). The number of ether oxygens (including phenoxy) is 1. The van der Waals surface area contributed by atoms with Crippen LogP contribution in [-0.2, 0) is 11.3 Å². The lowest BCUT2D eigenvalue weighted by Gasteiger charge is -2.11. The molecule has 0 atom stereocenters. The van der Waals surface area contributed by atoms with E-state index < -0.39 is 0 Å². The Morgan fingerprint density at radius 3 is 2.89 bits per heavy atom. The molecule has 1 amide bonds. The minimum absolute atomic E-state index is 0.00771. The van der Waals surface area contributed by atoms with Gasteiger partial charge in [0.2, 0.25) is 0 Å². The Morgan fingerprint density at radius 1 is 1.37 bits per heavy atom. The van der Waals surface area contributed by atoms with E-state index in [-0.39, 0.29) is 12.5 Å². The molecule has 1 heterocycles. The van der Waals surface area contributed by atoms with Crippen molar-refractivity contribution >= 4 is 5.91 Å². The molecule has 0 aliphatic rings. The maximum Gasteiger partial charge on any atom is 0.257 e. The van der Waals surface area contributed by atoms with Crippen molar-refractivity contribution in [3.63, 3.8) is 0 Å². The summed E-state index contributed by atoms with van der Waals surface area (Å²) in [6.07, 6.45) is 1.76. The molecule has 0 aliphatic carbocycles. The number of carbonyl (C=O) groups excluding carboxylic acids is 1. The Labute approximate surface area is 112 Å². The van der Waals surface area contributed by atoms with Crippen molar-refractivity contribution in [1.29, 1.82) is 0 Å². The number of likely N-dealkylation sites (N-methyl/N-ethyl adjacent to an activating group) is 1. The molecule has 0 saturated heterocycles. The van der Waals surface area contributed by atoms with Crippen molar-refractivity contribution < 1.29 is 9.53 Å². The van der Waals surface area contributed by atoms with Gasteiger partial charge in [-0.15, -0.1) is 0 Å². The summed E-state index contributed by atoms with van der Waals surface area (Å²) in [4.78, 5) is 11.3. The van der Waals surface area contributed by atoms with Gasteiger partial charge in [-0.3, -0.25) is 9.48 Å². The van der Waals surface area contributed by atoms with Gasteiger partial charge in [-0.2, -0.15) is 5.10 Å². The van der Waals surface area contributed by atoms with Gasteiger partial charge in [0, 0.05) is 25.4 Å². The molecular formula is C14H17N3O2. The third kappa shape index (κ3) is 2.93. The molecule has 0 unspecified atom stereocenters. The van der Waals surface area contributed by atoms with Crippen LogP contribution in [0.5, 0.6) is 5.75 Å². The van der Waals surface area contributed by atoms with E-state index in [9.17, 15) is 4.79 Å². The summed E-state index contributed by atoms with van der Waals surface area (Å²) in [5, 5.41) is 6.78. The van der Waals surface area contributed by atoms with Crippen LogP contribution in [0.4, 0.5) is 0 Å². The number of para-hydroxylation sites is 1. The van der Waals surface area contributed by atoms with Crippen molar-refractivity contribution in [2.24, 2.45) is 0 Å². The van der Waals surface area contributed by atoms with Gasteiger partial charge in [0.15, 0.2) is 6.61 Å². The first kappa shape index (κ1) is 13.1. The third-order valence-electron chi connectivity index (χ3n) is 2.82. The molecule has 5 heteroatoms. The summed E-state index contributed by atoms with van der Waals surface area (Å²) in [5.74, 6) is 0.528. The van der Waals surface area contributed by atoms with Crippen LogP contribution in [0.25, 0.3) is 11.3 Å². The van der Waals surface area contributed by atoms with Crippen molar-refractivity contribution in [2.75, 3.05) is 13.7 Å². The highest BCUT2D eigenvalue weighted by Crippen LogP contribution is 2.29. The van der Waals surface area contributed by atoms with E-state index in [1.54, 1.807) is 13.2 Å². The SMILES string of the molecule is CCn1nccc1-c1ccccc1OCC(=O)NC. The van der Waals surface area contributed by atoms with Crippen LogP contribution >= 0.6 is 0 Å². The average Bonchev–Trinajstić information content (AvgIpc) is 2.93. The maximum absolute atomic E-state index is 11.3. The number of rotatable bonds is 5. The third-order valence-corrected chi connectivity index (χ3v) is 2.82. The van der Waals surface area contributed by atoms with Crippen LogP contribution < -0.4 is 10.1 Å². The fourth-order valence-corrected chi connectivity index (χ4v) is 1.83. The molecule has 0 spiro atoms. The first-order valence-electron chi connectivity index (χ1n) is 6.20. The molecule has 0 saturated carbocycles. The molecule has 1 aromatic carbocycles. The highest BCUT2D eigenvalue weighted by molar-refractivity contribution is 5.77. The van der Waals surface area contributed by atoms with E-state index in [0.717, 1.165) is 17.8 Å². The molecule has 5 nitrogen and oxygen atoms in total. The number of carbonyl (C=O) groups is 1. The van der Waals surface area contributed by atoms with Crippen molar-refractivity contribution in [1.82, 2.24) is 15.1 Å². The smallest absolute Gasteiger partial charge is 0.257 e. The van der Waals surface area contributed by atoms with Gasteiger partial charge in [-0.1, -0.05) is 12.1 Å². The minimum Gasteiger partial charge on any atom is -0.483 e. The number of hydrogen-bond acceptors (Lipinski definition) is 3. The predicted molar refractivity (Wildman–Crippen MR) is 72.9 cm³/mol. The molecule has 1 N–H and O–H groups in total. The quantitative estimate of drug-likeness (QED) is 0.889. The summed E-state index contributed by atoms with van der Waals surface area (Å²) in [6, 6.07) is 9.57. The summed E-state index contributed by atoms with van der Waals surface area (Å²) in [6.45, 7) is 2.82. The first-order chi connectivity index (χ1) is 9.26. The maximum atomic E-state index is 11.3. The normalized spacial score (nSPS) is 10.2. The minimum atomic E-state index is -0.154. The molecule has 1 aromatic heterocycles. The molecular weight excluding hydrogens is 242 g/mol. The fraction of sp³-hybridized carbons (Fsp3) is 0.286. The Hall–Kier alpha value is -2.30. The highest BCUT2D eigenvalue weighted by Gasteiger charge is 2.11. The second kappa shape index (κ2) is 6.04. The van der Waals surface area contributed by atoms with E-state index in [0.29, 0.717) is 5.75 Å². The molecule has 2 aromatic rings. The topological polar surface area (TPSA) is 56.2 Å². The number of aryl methyl sites for hydroxylation is 1. The predicted octanol–water partition coefficient (Wildman–Crippen LogP) is 1.69. The van der Waals surface area contributed by atoms with Crippen molar-refractivity contribution in [3.05, 3.63) is 36.5 Å². The fourth-order valence-electron chi connectivity index (χ4n) is 1.83. The molecule has 0 radical (unpaired) electrons. The lowest BCUT2D eigenvalue weighted by molar-refractivity contribution is -0.122. The summed E-state index contributed by atoms with van der Waals surface area (Å²) in [7, 11) is 1.59. The van der Waals surface area contributed by atoms with Crippen LogP contribution in [0.15, 0.2) is 36.5 Å². The number of amides is 1. The zero-order valence-corrected chi connectivity index (χ0v) is 11.1. The number of nitrogens with one attached hydrogen (secondary N) is 1. The lowest BCUT2D eigenvalue weighted by atomic mass is 10.1. The first-order valence-corrected chi connectivity index (χ1v) is 6.20. The number of aromatic nitrogens is 2. The van der Waals surface area contributed by atoms with Gasteiger partial charge in [0.1, 0.15) is 5.75 Å². The van der Waals surface area contributed by atoms with Gasteiger partial charge in [0.05, 0.1) is 5.69 Å². The van der Waals surface area contributed by atoms with E-state index >= 15 is 0 Å². The lowest BCUT2D eigenvalue weighted by Crippen LogP contribution is -2.25. The Morgan fingerprint density at radius 2 is 2.16 bits per heavy atom. The molecule has 19 heavy (non-hydrogen) atoms. The van der Waals surface area contributed by atoms with E-state index in [2.05, 4.69) is 10.4 Å². The van der Waals surface area contributed by atoms with Crippen LogP contribution in [0.3, 0.4) is 0 Å². The zero-order valence-electron chi connectivity index (χ0n) is 11.1. The van der Waals surface area contributed by atoms with Crippen LogP contribution in [0.1, 0.15) is 6.92 Å². The second-order valence-corrected chi connectivity index (χ2v) is 3.99. The Balaban J connectivity index is 2.28. The second-order valence-electron chi connectivity index (χ2n) is 3.99. The molecule has 100 valence electrons. The largest absolute Gasteiger partial charge is 0.483 e. The Kier molecular flexibility index (Phi) is 4.18. The van der Waals surface area contributed by atoms with Gasteiger partial charge < -0.3 is 10.1 Å². The van der Waals surface area contributed by atoms with E-state index in [4.69, 9.17) is 4.74 Å².